The zero-order valence-electron chi connectivity index (χ0n) is 15.1. The number of carbonyl (C=O) groups excluding carboxylic acids is 1. The van der Waals surface area contributed by atoms with Gasteiger partial charge in [-0.05, 0) is 31.9 Å². The normalized spacial score (nSPS) is 16.7. The quantitative estimate of drug-likeness (QED) is 0.731. The summed E-state index contributed by atoms with van der Waals surface area (Å²) in [6.07, 6.45) is 4.92. The van der Waals surface area contributed by atoms with Crippen LogP contribution < -0.4 is 10.9 Å². The molecule has 1 saturated heterocycles. The van der Waals surface area contributed by atoms with Gasteiger partial charge in [0.2, 0.25) is 5.91 Å². The standard InChI is InChI=1S/C19H21N5O3/c1-13-4-6-14(7-5-13)24-18-16(10-22-24)19(26)23(12-21-18)11-17(25)20-9-15-3-2-8-27-15/h4-7,10,12,15H,2-3,8-9,11H2,1H3,(H,20,25)/t15-/m0/s1. The number of fused-ring (bicyclic) bond motifs is 1. The molecule has 1 N–H and O–H groups in total. The molecule has 4 rings (SSSR count). The molecule has 0 spiro atoms. The van der Waals surface area contributed by atoms with Crippen LogP contribution in [0.2, 0.25) is 0 Å². The minimum Gasteiger partial charge on any atom is -0.376 e. The molecule has 0 saturated carbocycles. The molecule has 1 atom stereocenters. The lowest BCUT2D eigenvalue weighted by Crippen LogP contribution is -2.36. The largest absolute Gasteiger partial charge is 0.376 e. The fourth-order valence-electron chi connectivity index (χ4n) is 3.18. The number of hydrogen-bond acceptors (Lipinski definition) is 5. The van der Waals surface area contributed by atoms with Gasteiger partial charge in [0.15, 0.2) is 5.65 Å². The SMILES string of the molecule is Cc1ccc(-n2ncc3c(=O)n(CC(=O)NC[C@@H]4CCCO4)cnc32)cc1. The van der Waals surface area contributed by atoms with Crippen LogP contribution >= 0.6 is 0 Å². The molecular weight excluding hydrogens is 346 g/mol. The van der Waals surface area contributed by atoms with Gasteiger partial charge < -0.3 is 10.1 Å². The van der Waals surface area contributed by atoms with Gasteiger partial charge in [0.05, 0.1) is 18.0 Å². The molecule has 3 aromatic rings. The van der Waals surface area contributed by atoms with Crippen molar-refractivity contribution in [2.75, 3.05) is 13.2 Å². The minimum atomic E-state index is -0.286. The van der Waals surface area contributed by atoms with Crippen LogP contribution in [0.25, 0.3) is 16.7 Å². The third-order valence-corrected chi connectivity index (χ3v) is 4.70. The van der Waals surface area contributed by atoms with E-state index in [2.05, 4.69) is 15.4 Å². The molecule has 1 aromatic carbocycles. The second kappa shape index (κ2) is 7.32. The van der Waals surface area contributed by atoms with E-state index in [4.69, 9.17) is 4.74 Å². The average Bonchev–Trinajstić information content (AvgIpc) is 3.33. The van der Waals surface area contributed by atoms with E-state index in [-0.39, 0.29) is 24.1 Å². The number of aromatic nitrogens is 4. The van der Waals surface area contributed by atoms with Gasteiger partial charge in [-0.1, -0.05) is 17.7 Å². The Labute approximate surface area is 155 Å². The van der Waals surface area contributed by atoms with Crippen LogP contribution in [0, 0.1) is 6.92 Å². The highest BCUT2D eigenvalue weighted by Gasteiger charge is 2.17. The maximum Gasteiger partial charge on any atom is 0.264 e. The van der Waals surface area contributed by atoms with E-state index >= 15 is 0 Å². The van der Waals surface area contributed by atoms with Crippen molar-refractivity contribution in [2.45, 2.75) is 32.4 Å². The average molecular weight is 367 g/mol. The molecule has 140 valence electrons. The minimum absolute atomic E-state index is 0.0685. The maximum absolute atomic E-state index is 12.7. The van der Waals surface area contributed by atoms with Crippen LogP contribution in [0.15, 0.2) is 41.6 Å². The molecule has 3 heterocycles. The van der Waals surface area contributed by atoms with Gasteiger partial charge in [-0.15, -0.1) is 0 Å². The molecule has 2 aromatic heterocycles. The molecule has 1 aliphatic heterocycles. The third-order valence-electron chi connectivity index (χ3n) is 4.70. The Bertz CT molecular complexity index is 1020. The van der Waals surface area contributed by atoms with Gasteiger partial charge in [-0.2, -0.15) is 5.10 Å². The third kappa shape index (κ3) is 3.61. The van der Waals surface area contributed by atoms with Crippen LogP contribution in [0.1, 0.15) is 18.4 Å². The molecule has 8 nitrogen and oxygen atoms in total. The van der Waals surface area contributed by atoms with Crippen molar-refractivity contribution in [2.24, 2.45) is 0 Å². The highest BCUT2D eigenvalue weighted by atomic mass is 16.5. The van der Waals surface area contributed by atoms with E-state index in [9.17, 15) is 9.59 Å². The summed E-state index contributed by atoms with van der Waals surface area (Å²) in [6.45, 7) is 3.14. The molecular formula is C19H21N5O3. The van der Waals surface area contributed by atoms with E-state index in [1.807, 2.05) is 31.2 Å². The topological polar surface area (TPSA) is 91.0 Å². The van der Waals surface area contributed by atoms with Gasteiger partial charge in [-0.25, -0.2) is 9.67 Å². The summed E-state index contributed by atoms with van der Waals surface area (Å²) in [6, 6.07) is 7.80. The highest BCUT2D eigenvalue weighted by molar-refractivity contribution is 5.77. The Kier molecular flexibility index (Phi) is 4.72. The monoisotopic (exact) mass is 367 g/mol. The van der Waals surface area contributed by atoms with E-state index in [0.717, 1.165) is 30.7 Å². The number of hydrogen-bond donors (Lipinski definition) is 1. The van der Waals surface area contributed by atoms with Crippen LogP contribution in [-0.4, -0.2) is 44.5 Å². The van der Waals surface area contributed by atoms with Crippen molar-refractivity contribution < 1.29 is 9.53 Å². The number of nitrogens with zero attached hydrogens (tertiary/aromatic N) is 4. The number of rotatable bonds is 5. The summed E-state index contributed by atoms with van der Waals surface area (Å²) < 4.78 is 8.40. The van der Waals surface area contributed by atoms with Crippen molar-refractivity contribution >= 4 is 16.9 Å². The van der Waals surface area contributed by atoms with Gasteiger partial charge in [0.25, 0.3) is 5.56 Å². The lowest BCUT2D eigenvalue weighted by molar-refractivity contribution is -0.122. The molecule has 8 heteroatoms. The molecule has 0 bridgehead atoms. The van der Waals surface area contributed by atoms with E-state index in [1.165, 1.54) is 17.1 Å². The molecule has 1 amide bonds. The fraction of sp³-hybridized carbons (Fsp3) is 0.368. The number of carbonyl (C=O) groups is 1. The molecule has 27 heavy (non-hydrogen) atoms. The Morgan fingerprint density at radius 2 is 2.15 bits per heavy atom. The lowest BCUT2D eigenvalue weighted by atomic mass is 10.2. The van der Waals surface area contributed by atoms with Crippen molar-refractivity contribution in [3.05, 3.63) is 52.7 Å². The van der Waals surface area contributed by atoms with Gasteiger partial charge in [-0.3, -0.25) is 14.2 Å². The van der Waals surface area contributed by atoms with E-state index in [0.29, 0.717) is 17.6 Å². The first kappa shape index (κ1) is 17.4. The van der Waals surface area contributed by atoms with Crippen molar-refractivity contribution in [1.29, 1.82) is 0 Å². The predicted molar refractivity (Wildman–Crippen MR) is 99.8 cm³/mol. The number of nitrogens with one attached hydrogen (secondary N) is 1. The first-order valence-corrected chi connectivity index (χ1v) is 9.00. The summed E-state index contributed by atoms with van der Waals surface area (Å²) in [7, 11) is 0. The second-order valence-electron chi connectivity index (χ2n) is 6.75. The number of benzene rings is 1. The second-order valence-corrected chi connectivity index (χ2v) is 6.75. The van der Waals surface area contributed by atoms with Gasteiger partial charge in [0, 0.05) is 13.2 Å². The molecule has 0 radical (unpaired) electrons. The van der Waals surface area contributed by atoms with Crippen LogP contribution in [-0.2, 0) is 16.1 Å². The number of ether oxygens (including phenoxy) is 1. The molecule has 0 unspecified atom stereocenters. The van der Waals surface area contributed by atoms with Crippen molar-refractivity contribution in [3.8, 4) is 5.69 Å². The zero-order valence-corrected chi connectivity index (χ0v) is 15.1. The summed E-state index contributed by atoms with van der Waals surface area (Å²) in [5, 5.41) is 7.48. The highest BCUT2D eigenvalue weighted by Crippen LogP contribution is 2.14. The first-order valence-electron chi connectivity index (χ1n) is 9.00. The molecule has 1 fully saturated rings. The van der Waals surface area contributed by atoms with Gasteiger partial charge >= 0.3 is 0 Å². The Balaban J connectivity index is 1.53. The molecule has 1 aliphatic rings. The maximum atomic E-state index is 12.7. The van der Waals surface area contributed by atoms with Crippen molar-refractivity contribution in [3.63, 3.8) is 0 Å². The van der Waals surface area contributed by atoms with E-state index in [1.54, 1.807) is 4.68 Å². The van der Waals surface area contributed by atoms with Crippen LogP contribution in [0.5, 0.6) is 0 Å². The van der Waals surface area contributed by atoms with E-state index < -0.39 is 0 Å². The Morgan fingerprint density at radius 3 is 2.89 bits per heavy atom. The smallest absolute Gasteiger partial charge is 0.264 e. The predicted octanol–water partition coefficient (Wildman–Crippen LogP) is 1.19. The summed E-state index contributed by atoms with van der Waals surface area (Å²) in [4.78, 5) is 29.2. The Morgan fingerprint density at radius 1 is 1.33 bits per heavy atom. The van der Waals surface area contributed by atoms with Crippen LogP contribution in [0.4, 0.5) is 0 Å². The summed E-state index contributed by atoms with van der Waals surface area (Å²) in [5.41, 5.74) is 2.15. The summed E-state index contributed by atoms with van der Waals surface area (Å²) >= 11 is 0. The summed E-state index contributed by atoms with van der Waals surface area (Å²) in [5.74, 6) is -0.236. The van der Waals surface area contributed by atoms with Crippen LogP contribution in [0.3, 0.4) is 0 Å². The first-order chi connectivity index (χ1) is 13.1. The number of aryl methyl sites for hydroxylation is 1. The Hall–Kier alpha value is -3.00. The number of amides is 1. The van der Waals surface area contributed by atoms with Crippen molar-refractivity contribution in [1.82, 2.24) is 24.6 Å². The zero-order chi connectivity index (χ0) is 18.8. The van der Waals surface area contributed by atoms with Gasteiger partial charge in [0.1, 0.15) is 18.3 Å². The lowest BCUT2D eigenvalue weighted by Gasteiger charge is -2.11. The fourth-order valence-corrected chi connectivity index (χ4v) is 3.18. The molecule has 0 aliphatic carbocycles.